The summed E-state index contributed by atoms with van der Waals surface area (Å²) >= 11 is 0. The number of aryl methyl sites for hydroxylation is 1. The lowest BCUT2D eigenvalue weighted by molar-refractivity contribution is 0.0713. The predicted molar refractivity (Wildman–Crippen MR) is 116 cm³/mol. The molecule has 1 aromatic rings. The van der Waals surface area contributed by atoms with Gasteiger partial charge in [0.05, 0.1) is 0 Å². The molecule has 1 aliphatic carbocycles. The van der Waals surface area contributed by atoms with Crippen molar-refractivity contribution < 1.29 is 4.79 Å². The van der Waals surface area contributed by atoms with E-state index in [-0.39, 0.29) is 5.91 Å². The molecule has 3 heterocycles. The molecule has 4 rings (SSSR count). The molecular formula is C23H39N5O. The van der Waals surface area contributed by atoms with Gasteiger partial charge in [-0.15, -0.1) is 0 Å². The summed E-state index contributed by atoms with van der Waals surface area (Å²) in [6, 6.07) is 1.19. The Balaban J connectivity index is 1.51. The summed E-state index contributed by atoms with van der Waals surface area (Å²) in [6.45, 7) is 14.0. The van der Waals surface area contributed by atoms with E-state index in [1.54, 1.807) is 0 Å². The summed E-state index contributed by atoms with van der Waals surface area (Å²) in [5.41, 5.74) is 3.33. The number of hydrogen-bond donors (Lipinski definition) is 0. The van der Waals surface area contributed by atoms with Gasteiger partial charge in [0.15, 0.2) is 5.69 Å². The van der Waals surface area contributed by atoms with E-state index in [2.05, 4.69) is 40.2 Å². The molecule has 29 heavy (non-hydrogen) atoms. The molecule has 0 N–H and O–H groups in total. The monoisotopic (exact) mass is 401 g/mol. The van der Waals surface area contributed by atoms with Crippen LogP contribution >= 0.6 is 0 Å². The fourth-order valence-electron chi connectivity index (χ4n) is 5.46. The second-order valence-corrected chi connectivity index (χ2v) is 9.36. The summed E-state index contributed by atoms with van der Waals surface area (Å²) in [4.78, 5) is 20.7. The van der Waals surface area contributed by atoms with Crippen molar-refractivity contribution in [2.45, 2.75) is 84.3 Å². The number of fused-ring (bicyclic) bond motifs is 1. The molecule has 1 aromatic heterocycles. The Morgan fingerprint density at radius 3 is 2.34 bits per heavy atom. The first-order valence-electron chi connectivity index (χ1n) is 11.9. The molecule has 1 atom stereocenters. The van der Waals surface area contributed by atoms with Crippen molar-refractivity contribution in [3.05, 3.63) is 17.0 Å². The van der Waals surface area contributed by atoms with Gasteiger partial charge in [-0.3, -0.25) is 19.3 Å². The molecule has 6 nitrogen and oxygen atoms in total. The minimum atomic E-state index is 0.181. The molecular weight excluding hydrogens is 362 g/mol. The van der Waals surface area contributed by atoms with Gasteiger partial charge in [-0.05, 0) is 52.9 Å². The average molecular weight is 402 g/mol. The zero-order chi connectivity index (χ0) is 20.4. The lowest BCUT2D eigenvalue weighted by atomic mass is 9.89. The smallest absolute Gasteiger partial charge is 0.274 e. The molecule has 2 aliphatic heterocycles. The third-order valence-electron chi connectivity index (χ3n) is 7.31. The van der Waals surface area contributed by atoms with Crippen molar-refractivity contribution in [2.24, 2.45) is 0 Å². The van der Waals surface area contributed by atoms with Gasteiger partial charge >= 0.3 is 0 Å². The van der Waals surface area contributed by atoms with Crippen LogP contribution in [0.4, 0.5) is 0 Å². The first-order valence-corrected chi connectivity index (χ1v) is 11.9. The zero-order valence-electron chi connectivity index (χ0n) is 18.7. The lowest BCUT2D eigenvalue weighted by Gasteiger charge is -2.42. The maximum Gasteiger partial charge on any atom is 0.274 e. The summed E-state index contributed by atoms with van der Waals surface area (Å²) in [6.07, 6.45) is 7.99. The summed E-state index contributed by atoms with van der Waals surface area (Å²) in [5, 5.41) is 4.83. The highest BCUT2D eigenvalue weighted by Gasteiger charge is 2.34. The number of likely N-dealkylation sites (tertiary alicyclic amines) is 1. The Kier molecular flexibility index (Phi) is 6.60. The lowest BCUT2D eigenvalue weighted by Crippen LogP contribution is -2.53. The normalized spacial score (nSPS) is 24.6. The number of carbonyl (C=O) groups excluding carboxylic acids is 1. The van der Waals surface area contributed by atoms with Crippen LogP contribution in [-0.4, -0.2) is 81.7 Å². The highest BCUT2D eigenvalue weighted by atomic mass is 16.2. The number of piperazine rings is 1. The van der Waals surface area contributed by atoms with Crippen LogP contribution in [0, 0.1) is 0 Å². The van der Waals surface area contributed by atoms with Gasteiger partial charge in [-0.25, -0.2) is 0 Å². The van der Waals surface area contributed by atoms with E-state index in [1.165, 1.54) is 30.5 Å². The number of hydrogen-bond acceptors (Lipinski definition) is 4. The van der Waals surface area contributed by atoms with Crippen LogP contribution in [0.1, 0.15) is 74.6 Å². The van der Waals surface area contributed by atoms with E-state index < -0.39 is 0 Å². The van der Waals surface area contributed by atoms with Crippen LogP contribution in [-0.2, 0) is 19.4 Å². The summed E-state index contributed by atoms with van der Waals surface area (Å²) in [7, 11) is 0. The Hall–Kier alpha value is -1.40. The maximum atomic E-state index is 13.4. The second kappa shape index (κ2) is 9.17. The highest BCUT2D eigenvalue weighted by Crippen LogP contribution is 2.29. The molecule has 0 spiro atoms. The second-order valence-electron chi connectivity index (χ2n) is 9.36. The fraction of sp³-hybridized carbons (Fsp3) is 0.826. The summed E-state index contributed by atoms with van der Waals surface area (Å²) in [5.74, 6) is 0.181. The zero-order valence-corrected chi connectivity index (χ0v) is 18.7. The molecule has 3 aliphatic rings. The van der Waals surface area contributed by atoms with Gasteiger partial charge in [0.1, 0.15) is 0 Å². The third-order valence-corrected chi connectivity index (χ3v) is 7.31. The Morgan fingerprint density at radius 1 is 1.03 bits per heavy atom. The molecule has 162 valence electrons. The molecule has 0 bridgehead atoms. The SMILES string of the molecule is CCn1nc(C(=O)N2CCCCCC2)c2c1CC[C@@H](N1CCN(C(C)C)CC1)C2. The predicted octanol–water partition coefficient (Wildman–Crippen LogP) is 2.80. The standard InChI is InChI=1S/C23H39N5O/c1-4-28-21-10-9-19(26-15-13-25(14-16-26)18(2)3)17-20(21)22(24-28)23(29)27-11-7-5-6-8-12-27/h18-19H,4-17H2,1-3H3/t19-/m1/s1. The van der Waals surface area contributed by atoms with E-state index in [9.17, 15) is 4.79 Å². The molecule has 1 amide bonds. The first-order chi connectivity index (χ1) is 14.1. The Bertz CT molecular complexity index is 696. The number of aromatic nitrogens is 2. The van der Waals surface area contributed by atoms with Gasteiger partial charge in [0.2, 0.25) is 0 Å². The van der Waals surface area contributed by atoms with Crippen LogP contribution < -0.4 is 0 Å². The van der Waals surface area contributed by atoms with Crippen LogP contribution in [0.5, 0.6) is 0 Å². The molecule has 0 unspecified atom stereocenters. The van der Waals surface area contributed by atoms with Crippen LogP contribution in [0.25, 0.3) is 0 Å². The third kappa shape index (κ3) is 4.38. The fourth-order valence-corrected chi connectivity index (χ4v) is 5.46. The summed E-state index contributed by atoms with van der Waals surface area (Å²) < 4.78 is 2.10. The number of nitrogens with zero attached hydrogens (tertiary/aromatic N) is 5. The minimum Gasteiger partial charge on any atom is -0.337 e. The topological polar surface area (TPSA) is 44.6 Å². The van der Waals surface area contributed by atoms with Crippen LogP contribution in [0.3, 0.4) is 0 Å². The van der Waals surface area contributed by atoms with Gasteiger partial charge in [-0.1, -0.05) is 12.8 Å². The van der Waals surface area contributed by atoms with Gasteiger partial charge < -0.3 is 4.90 Å². The van der Waals surface area contributed by atoms with E-state index in [0.717, 1.165) is 77.2 Å². The van der Waals surface area contributed by atoms with Crippen LogP contribution in [0.15, 0.2) is 0 Å². The van der Waals surface area contributed by atoms with E-state index in [1.807, 2.05) is 0 Å². The van der Waals surface area contributed by atoms with E-state index in [0.29, 0.717) is 12.1 Å². The van der Waals surface area contributed by atoms with E-state index in [4.69, 9.17) is 5.10 Å². The molecule has 2 saturated heterocycles. The number of rotatable bonds is 4. The Morgan fingerprint density at radius 2 is 1.72 bits per heavy atom. The first kappa shape index (κ1) is 20.9. The van der Waals surface area contributed by atoms with Crippen molar-refractivity contribution in [2.75, 3.05) is 39.3 Å². The molecule has 6 heteroatoms. The largest absolute Gasteiger partial charge is 0.337 e. The number of amides is 1. The van der Waals surface area contributed by atoms with Crippen LogP contribution in [0.2, 0.25) is 0 Å². The van der Waals surface area contributed by atoms with Gasteiger partial charge in [-0.2, -0.15) is 5.10 Å². The van der Waals surface area contributed by atoms with Gasteiger partial charge in [0, 0.05) is 69.2 Å². The quantitative estimate of drug-likeness (QED) is 0.778. The molecule has 0 radical (unpaired) electrons. The molecule has 0 aromatic carbocycles. The van der Waals surface area contributed by atoms with Crippen molar-refractivity contribution in [1.82, 2.24) is 24.5 Å². The Labute approximate surface area is 176 Å². The minimum absolute atomic E-state index is 0.181. The van der Waals surface area contributed by atoms with E-state index >= 15 is 0 Å². The van der Waals surface area contributed by atoms with Crippen molar-refractivity contribution in [3.63, 3.8) is 0 Å². The maximum absolute atomic E-state index is 13.4. The highest BCUT2D eigenvalue weighted by molar-refractivity contribution is 5.94. The van der Waals surface area contributed by atoms with Crippen molar-refractivity contribution >= 4 is 5.91 Å². The van der Waals surface area contributed by atoms with Gasteiger partial charge in [0.25, 0.3) is 5.91 Å². The number of carbonyl (C=O) groups is 1. The molecule has 2 fully saturated rings. The molecule has 0 saturated carbocycles. The van der Waals surface area contributed by atoms with Crippen molar-refractivity contribution in [1.29, 1.82) is 0 Å². The average Bonchev–Trinajstić information content (AvgIpc) is 2.90. The van der Waals surface area contributed by atoms with Crippen molar-refractivity contribution in [3.8, 4) is 0 Å².